The van der Waals surface area contributed by atoms with Gasteiger partial charge < -0.3 is 10.6 Å². The third-order valence-electron chi connectivity index (χ3n) is 3.34. The van der Waals surface area contributed by atoms with E-state index in [-0.39, 0.29) is 23.4 Å². The highest BCUT2D eigenvalue weighted by molar-refractivity contribution is 6.30. The zero-order valence-electron chi connectivity index (χ0n) is 11.7. The SMILES string of the molecule is CC(c1ccc(Cl)cc1)N(C)c1nc(N)ccc1[N+](=O)[O-]. The quantitative estimate of drug-likeness (QED) is 0.691. The first-order valence-electron chi connectivity index (χ1n) is 6.29. The molecule has 0 bridgehead atoms. The summed E-state index contributed by atoms with van der Waals surface area (Å²) in [7, 11) is 1.74. The number of nitro groups is 1. The lowest BCUT2D eigenvalue weighted by atomic mass is 10.1. The summed E-state index contributed by atoms with van der Waals surface area (Å²) in [6.07, 6.45) is 0. The molecule has 0 saturated heterocycles. The smallest absolute Gasteiger partial charge is 0.311 e. The Hall–Kier alpha value is -2.34. The van der Waals surface area contributed by atoms with E-state index in [2.05, 4.69) is 4.98 Å². The molecule has 110 valence electrons. The topological polar surface area (TPSA) is 85.3 Å². The Balaban J connectivity index is 2.39. The largest absolute Gasteiger partial charge is 0.384 e. The predicted octanol–water partition coefficient (Wildman–Crippen LogP) is 3.42. The lowest BCUT2D eigenvalue weighted by Gasteiger charge is -2.26. The summed E-state index contributed by atoms with van der Waals surface area (Å²) in [6.45, 7) is 1.93. The van der Waals surface area contributed by atoms with E-state index in [0.29, 0.717) is 5.02 Å². The van der Waals surface area contributed by atoms with Crippen LogP contribution in [0.25, 0.3) is 0 Å². The Labute approximate surface area is 127 Å². The van der Waals surface area contributed by atoms with E-state index in [0.717, 1.165) is 5.56 Å². The van der Waals surface area contributed by atoms with E-state index in [4.69, 9.17) is 17.3 Å². The third kappa shape index (κ3) is 3.22. The molecule has 1 unspecified atom stereocenters. The number of halogens is 1. The lowest BCUT2D eigenvalue weighted by molar-refractivity contribution is -0.384. The van der Waals surface area contributed by atoms with Gasteiger partial charge in [-0.1, -0.05) is 23.7 Å². The Morgan fingerprint density at radius 3 is 2.48 bits per heavy atom. The summed E-state index contributed by atoms with van der Waals surface area (Å²) in [5.41, 5.74) is 6.54. The molecule has 0 saturated carbocycles. The molecular formula is C14H15ClN4O2. The van der Waals surface area contributed by atoms with E-state index >= 15 is 0 Å². The van der Waals surface area contributed by atoms with Gasteiger partial charge in [0.25, 0.3) is 0 Å². The number of nitrogen functional groups attached to an aromatic ring is 1. The number of benzene rings is 1. The number of nitrogens with zero attached hydrogens (tertiary/aromatic N) is 3. The van der Waals surface area contributed by atoms with Crippen LogP contribution in [-0.2, 0) is 0 Å². The van der Waals surface area contributed by atoms with Crippen molar-refractivity contribution in [1.29, 1.82) is 0 Å². The average Bonchev–Trinajstić information content (AvgIpc) is 2.46. The zero-order valence-corrected chi connectivity index (χ0v) is 12.4. The highest BCUT2D eigenvalue weighted by Crippen LogP contribution is 2.32. The van der Waals surface area contributed by atoms with Gasteiger partial charge in [0.15, 0.2) is 0 Å². The van der Waals surface area contributed by atoms with Gasteiger partial charge in [0.1, 0.15) is 5.82 Å². The molecule has 7 heteroatoms. The summed E-state index contributed by atoms with van der Waals surface area (Å²) < 4.78 is 0. The minimum atomic E-state index is -0.465. The molecule has 21 heavy (non-hydrogen) atoms. The van der Waals surface area contributed by atoms with Crippen molar-refractivity contribution in [3.05, 3.63) is 57.1 Å². The molecule has 0 aliphatic rings. The summed E-state index contributed by atoms with van der Waals surface area (Å²) in [5, 5.41) is 11.8. The third-order valence-corrected chi connectivity index (χ3v) is 3.59. The lowest BCUT2D eigenvalue weighted by Crippen LogP contribution is -2.24. The summed E-state index contributed by atoms with van der Waals surface area (Å²) in [5.74, 6) is 0.480. The van der Waals surface area contributed by atoms with Crippen LogP contribution in [0.4, 0.5) is 17.3 Å². The van der Waals surface area contributed by atoms with Crippen LogP contribution in [0.3, 0.4) is 0 Å². The fourth-order valence-electron chi connectivity index (χ4n) is 2.01. The minimum Gasteiger partial charge on any atom is -0.384 e. The van der Waals surface area contributed by atoms with Gasteiger partial charge in [-0.3, -0.25) is 10.1 Å². The number of hydrogen-bond donors (Lipinski definition) is 1. The molecule has 0 radical (unpaired) electrons. The molecule has 1 aromatic carbocycles. The first kappa shape index (κ1) is 15.1. The van der Waals surface area contributed by atoms with Crippen LogP contribution < -0.4 is 10.6 Å². The molecule has 2 rings (SSSR count). The molecule has 2 N–H and O–H groups in total. The molecule has 1 heterocycles. The van der Waals surface area contributed by atoms with Gasteiger partial charge in [-0.15, -0.1) is 0 Å². The number of aromatic nitrogens is 1. The Bertz CT molecular complexity index is 661. The molecule has 0 amide bonds. The van der Waals surface area contributed by atoms with Crippen LogP contribution >= 0.6 is 11.6 Å². The number of pyridine rings is 1. The monoisotopic (exact) mass is 306 g/mol. The van der Waals surface area contributed by atoms with Crippen molar-refractivity contribution in [2.75, 3.05) is 17.7 Å². The summed E-state index contributed by atoms with van der Waals surface area (Å²) in [4.78, 5) is 16.5. The van der Waals surface area contributed by atoms with Gasteiger partial charge in [0.05, 0.1) is 11.0 Å². The van der Waals surface area contributed by atoms with Crippen LogP contribution in [-0.4, -0.2) is 17.0 Å². The van der Waals surface area contributed by atoms with E-state index in [9.17, 15) is 10.1 Å². The minimum absolute atomic E-state index is 0.0764. The highest BCUT2D eigenvalue weighted by atomic mass is 35.5. The van der Waals surface area contributed by atoms with E-state index in [1.807, 2.05) is 19.1 Å². The second-order valence-electron chi connectivity index (χ2n) is 4.67. The maximum absolute atomic E-state index is 11.1. The van der Waals surface area contributed by atoms with Gasteiger partial charge in [-0.05, 0) is 30.7 Å². The van der Waals surface area contributed by atoms with Gasteiger partial charge in [-0.25, -0.2) is 4.98 Å². The fourth-order valence-corrected chi connectivity index (χ4v) is 2.13. The van der Waals surface area contributed by atoms with Gasteiger partial charge in [0, 0.05) is 18.1 Å². The van der Waals surface area contributed by atoms with E-state index in [1.54, 1.807) is 24.1 Å². The highest BCUT2D eigenvalue weighted by Gasteiger charge is 2.23. The van der Waals surface area contributed by atoms with Crippen LogP contribution in [0.2, 0.25) is 5.02 Å². The van der Waals surface area contributed by atoms with Crippen molar-refractivity contribution in [2.45, 2.75) is 13.0 Å². The van der Waals surface area contributed by atoms with Crippen LogP contribution in [0.1, 0.15) is 18.5 Å². The van der Waals surface area contributed by atoms with Crippen LogP contribution in [0.15, 0.2) is 36.4 Å². The Morgan fingerprint density at radius 2 is 1.90 bits per heavy atom. The van der Waals surface area contributed by atoms with Crippen molar-refractivity contribution >= 4 is 28.9 Å². The fraction of sp³-hybridized carbons (Fsp3) is 0.214. The van der Waals surface area contributed by atoms with Gasteiger partial charge in [0.2, 0.25) is 5.82 Å². The Kier molecular flexibility index (Phi) is 4.28. The average molecular weight is 307 g/mol. The molecule has 2 aromatic rings. The first-order valence-corrected chi connectivity index (χ1v) is 6.67. The van der Waals surface area contributed by atoms with E-state index in [1.165, 1.54) is 12.1 Å². The van der Waals surface area contributed by atoms with Gasteiger partial charge >= 0.3 is 5.69 Å². The molecule has 1 aromatic heterocycles. The molecule has 1 atom stereocenters. The molecule has 0 fully saturated rings. The van der Waals surface area contributed by atoms with Crippen molar-refractivity contribution < 1.29 is 4.92 Å². The molecule has 0 aliphatic heterocycles. The number of rotatable bonds is 4. The van der Waals surface area contributed by atoms with Crippen LogP contribution in [0.5, 0.6) is 0 Å². The standard InChI is InChI=1S/C14H15ClN4O2/c1-9(10-3-5-11(15)6-4-10)18(2)14-12(19(20)21)7-8-13(16)17-14/h3-9H,1-2H3,(H2,16,17). The first-order chi connectivity index (χ1) is 9.90. The second kappa shape index (κ2) is 5.97. The molecule has 0 aliphatic carbocycles. The zero-order chi connectivity index (χ0) is 15.6. The molecular weight excluding hydrogens is 292 g/mol. The Morgan fingerprint density at radius 1 is 1.29 bits per heavy atom. The maximum Gasteiger partial charge on any atom is 0.311 e. The van der Waals surface area contributed by atoms with Crippen LogP contribution in [0, 0.1) is 10.1 Å². The van der Waals surface area contributed by atoms with E-state index < -0.39 is 4.92 Å². The van der Waals surface area contributed by atoms with Gasteiger partial charge in [-0.2, -0.15) is 0 Å². The molecule has 6 nitrogen and oxygen atoms in total. The second-order valence-corrected chi connectivity index (χ2v) is 5.11. The van der Waals surface area contributed by atoms with Crippen molar-refractivity contribution in [3.8, 4) is 0 Å². The van der Waals surface area contributed by atoms with Crippen molar-refractivity contribution in [1.82, 2.24) is 4.98 Å². The summed E-state index contributed by atoms with van der Waals surface area (Å²) in [6, 6.07) is 9.98. The number of anilines is 2. The number of hydrogen-bond acceptors (Lipinski definition) is 5. The predicted molar refractivity (Wildman–Crippen MR) is 83.6 cm³/mol. The van der Waals surface area contributed by atoms with Crippen molar-refractivity contribution in [2.24, 2.45) is 0 Å². The normalized spacial score (nSPS) is 12.0. The molecule has 0 spiro atoms. The van der Waals surface area contributed by atoms with Crippen molar-refractivity contribution in [3.63, 3.8) is 0 Å². The maximum atomic E-state index is 11.1. The number of nitrogens with two attached hydrogens (primary N) is 1. The summed E-state index contributed by atoms with van der Waals surface area (Å²) >= 11 is 5.87.